The molecule has 0 radical (unpaired) electrons. The van der Waals surface area contributed by atoms with Crippen LogP contribution in [0.25, 0.3) is 0 Å². The van der Waals surface area contributed by atoms with E-state index in [0.29, 0.717) is 44.3 Å². The van der Waals surface area contributed by atoms with E-state index in [9.17, 15) is 9.59 Å². The molecule has 0 aliphatic rings. The summed E-state index contributed by atoms with van der Waals surface area (Å²) in [5, 5.41) is 9.39. The Hall–Kier alpha value is -2.78. The van der Waals surface area contributed by atoms with E-state index in [2.05, 4.69) is 15.2 Å². The number of aromatic nitrogens is 4. The number of carbonyl (C=O) groups excluding carboxylic acids is 2. The topological polar surface area (TPSA) is 99.1 Å². The molecule has 3 rings (SSSR count). The summed E-state index contributed by atoms with van der Waals surface area (Å²) in [6.07, 6.45) is 0. The number of aromatic amines is 1. The summed E-state index contributed by atoms with van der Waals surface area (Å²) in [5.41, 5.74) is 2.04. The SMILES string of the molecule is CCOC(=O)c1[nH]c(C)c(C(=O)CSc2nnc(COc3ccccc3Cl)n2C)c1C. The molecule has 10 heteroatoms. The minimum Gasteiger partial charge on any atom is -0.484 e. The predicted octanol–water partition coefficient (Wildman–Crippen LogP) is 4.14. The molecule has 1 aromatic carbocycles. The quantitative estimate of drug-likeness (QED) is 0.290. The Morgan fingerprint density at radius 2 is 1.97 bits per heavy atom. The number of carbonyl (C=O) groups is 2. The number of nitrogens with one attached hydrogen (secondary N) is 1. The number of benzene rings is 1. The van der Waals surface area contributed by atoms with Gasteiger partial charge in [-0.25, -0.2) is 4.79 Å². The van der Waals surface area contributed by atoms with Gasteiger partial charge in [-0.3, -0.25) is 4.79 Å². The van der Waals surface area contributed by atoms with Crippen LogP contribution in [0.3, 0.4) is 0 Å². The smallest absolute Gasteiger partial charge is 0.355 e. The highest BCUT2D eigenvalue weighted by Crippen LogP contribution is 2.25. The maximum Gasteiger partial charge on any atom is 0.355 e. The van der Waals surface area contributed by atoms with Crippen LogP contribution in [0.4, 0.5) is 0 Å². The van der Waals surface area contributed by atoms with Crippen LogP contribution in [-0.4, -0.2) is 43.9 Å². The highest BCUT2D eigenvalue weighted by Gasteiger charge is 2.23. The molecule has 0 fully saturated rings. The maximum absolute atomic E-state index is 12.8. The second-order valence-electron chi connectivity index (χ2n) is 6.73. The molecule has 8 nitrogen and oxygen atoms in total. The molecule has 1 N–H and O–H groups in total. The van der Waals surface area contributed by atoms with E-state index < -0.39 is 5.97 Å². The molecule has 164 valence electrons. The molecule has 0 spiro atoms. The standard InChI is InChI=1S/C21H23ClN4O4S/c1-5-29-20(28)19-12(2)18(13(3)23-19)15(27)11-31-21-25-24-17(26(21)4)10-30-16-9-7-6-8-14(16)22/h6-9,23H,5,10-11H2,1-4H3. The van der Waals surface area contributed by atoms with E-state index in [1.54, 1.807) is 37.5 Å². The van der Waals surface area contributed by atoms with Crippen molar-refractivity contribution in [3.63, 3.8) is 0 Å². The molecule has 0 amide bonds. The van der Waals surface area contributed by atoms with Crippen molar-refractivity contribution in [1.29, 1.82) is 0 Å². The van der Waals surface area contributed by atoms with Gasteiger partial charge >= 0.3 is 5.97 Å². The minimum atomic E-state index is -0.466. The van der Waals surface area contributed by atoms with Crippen LogP contribution in [-0.2, 0) is 18.4 Å². The molecular weight excluding hydrogens is 440 g/mol. The number of aryl methyl sites for hydroxylation is 1. The lowest BCUT2D eigenvalue weighted by Crippen LogP contribution is -2.09. The van der Waals surface area contributed by atoms with Gasteiger partial charge in [0.15, 0.2) is 16.8 Å². The zero-order valence-electron chi connectivity index (χ0n) is 17.7. The van der Waals surface area contributed by atoms with Gasteiger partial charge in [0.25, 0.3) is 0 Å². The number of ether oxygens (including phenoxy) is 2. The third-order valence-corrected chi connectivity index (χ3v) is 5.98. The third-order valence-electron chi connectivity index (χ3n) is 4.65. The van der Waals surface area contributed by atoms with Gasteiger partial charge < -0.3 is 19.0 Å². The second-order valence-corrected chi connectivity index (χ2v) is 8.08. The van der Waals surface area contributed by atoms with Gasteiger partial charge in [-0.2, -0.15) is 0 Å². The Morgan fingerprint density at radius 3 is 2.68 bits per heavy atom. The number of thioether (sulfide) groups is 1. The lowest BCUT2D eigenvalue weighted by molar-refractivity contribution is 0.0519. The number of ketones is 1. The molecule has 0 atom stereocenters. The van der Waals surface area contributed by atoms with Crippen molar-refractivity contribution < 1.29 is 19.1 Å². The summed E-state index contributed by atoms with van der Waals surface area (Å²) in [7, 11) is 1.81. The highest BCUT2D eigenvalue weighted by molar-refractivity contribution is 7.99. The molecule has 0 aliphatic carbocycles. The van der Waals surface area contributed by atoms with Crippen molar-refractivity contribution in [2.45, 2.75) is 32.5 Å². The van der Waals surface area contributed by atoms with Gasteiger partial charge in [0.1, 0.15) is 18.1 Å². The number of esters is 1. The number of H-pyrrole nitrogens is 1. The first-order valence-electron chi connectivity index (χ1n) is 9.61. The van der Waals surface area contributed by atoms with Gasteiger partial charge in [-0.15, -0.1) is 10.2 Å². The molecular formula is C21H23ClN4O4S. The van der Waals surface area contributed by atoms with E-state index in [1.807, 2.05) is 19.2 Å². The normalized spacial score (nSPS) is 10.9. The second kappa shape index (κ2) is 10.0. The Bertz CT molecular complexity index is 1110. The Labute approximate surface area is 189 Å². The summed E-state index contributed by atoms with van der Waals surface area (Å²) in [6.45, 7) is 5.70. The summed E-state index contributed by atoms with van der Waals surface area (Å²) in [4.78, 5) is 27.8. The van der Waals surface area contributed by atoms with Crippen molar-refractivity contribution >= 4 is 35.1 Å². The fourth-order valence-corrected chi connectivity index (χ4v) is 4.07. The number of nitrogens with zero attached hydrogens (tertiary/aromatic N) is 3. The summed E-state index contributed by atoms with van der Waals surface area (Å²) in [5.74, 6) is 0.745. The van der Waals surface area contributed by atoms with Crippen LogP contribution in [0, 0.1) is 13.8 Å². The van der Waals surface area contributed by atoms with Crippen LogP contribution in [0.5, 0.6) is 5.75 Å². The number of Topliss-reactive ketones (excluding diaryl/α,β-unsaturated/α-hetero) is 1. The number of para-hydroxylation sites is 1. The van der Waals surface area contributed by atoms with Crippen molar-refractivity contribution in [2.75, 3.05) is 12.4 Å². The fourth-order valence-electron chi connectivity index (χ4n) is 3.08. The lowest BCUT2D eigenvalue weighted by Gasteiger charge is -2.08. The molecule has 0 saturated heterocycles. The molecule has 0 aliphatic heterocycles. The predicted molar refractivity (Wildman–Crippen MR) is 118 cm³/mol. The minimum absolute atomic E-state index is 0.108. The average Bonchev–Trinajstić information content (AvgIpc) is 3.24. The number of halogens is 1. The van der Waals surface area contributed by atoms with E-state index >= 15 is 0 Å². The molecule has 31 heavy (non-hydrogen) atoms. The summed E-state index contributed by atoms with van der Waals surface area (Å²) in [6, 6.07) is 7.19. The Balaban J connectivity index is 1.65. The Morgan fingerprint density at radius 1 is 1.23 bits per heavy atom. The average molecular weight is 463 g/mol. The molecule has 3 aromatic rings. The van der Waals surface area contributed by atoms with Gasteiger partial charge in [0, 0.05) is 18.3 Å². The summed E-state index contributed by atoms with van der Waals surface area (Å²) < 4.78 is 12.5. The highest BCUT2D eigenvalue weighted by atomic mass is 35.5. The van der Waals surface area contributed by atoms with Crippen molar-refractivity contribution in [3.8, 4) is 5.75 Å². The molecule has 2 aromatic heterocycles. The Kier molecular flexibility index (Phi) is 7.40. The monoisotopic (exact) mass is 462 g/mol. The van der Waals surface area contributed by atoms with Crippen LogP contribution < -0.4 is 4.74 Å². The van der Waals surface area contributed by atoms with Gasteiger partial charge in [-0.1, -0.05) is 35.5 Å². The van der Waals surface area contributed by atoms with Gasteiger partial charge in [0.05, 0.1) is 17.4 Å². The zero-order chi connectivity index (χ0) is 22.5. The van der Waals surface area contributed by atoms with Gasteiger partial charge in [0.2, 0.25) is 0 Å². The lowest BCUT2D eigenvalue weighted by atomic mass is 10.1. The van der Waals surface area contributed by atoms with E-state index in [0.717, 1.165) is 0 Å². The molecule has 0 unspecified atom stereocenters. The van der Waals surface area contributed by atoms with Crippen molar-refractivity contribution in [3.05, 3.63) is 57.6 Å². The molecule has 0 saturated carbocycles. The number of hydrogen-bond acceptors (Lipinski definition) is 7. The third kappa shape index (κ3) is 5.11. The van der Waals surface area contributed by atoms with E-state index in [1.165, 1.54) is 11.8 Å². The fraction of sp³-hybridized carbons (Fsp3) is 0.333. The van der Waals surface area contributed by atoms with E-state index in [-0.39, 0.29) is 24.7 Å². The first kappa shape index (κ1) is 22.9. The summed E-state index contributed by atoms with van der Waals surface area (Å²) >= 11 is 7.37. The van der Waals surface area contributed by atoms with Crippen molar-refractivity contribution in [1.82, 2.24) is 19.7 Å². The number of hydrogen-bond donors (Lipinski definition) is 1. The first-order valence-corrected chi connectivity index (χ1v) is 11.0. The largest absolute Gasteiger partial charge is 0.484 e. The van der Waals surface area contributed by atoms with Crippen LogP contribution in [0.1, 0.15) is 44.9 Å². The first-order chi connectivity index (χ1) is 14.8. The van der Waals surface area contributed by atoms with E-state index in [4.69, 9.17) is 21.1 Å². The van der Waals surface area contributed by atoms with Crippen molar-refractivity contribution in [2.24, 2.45) is 7.05 Å². The van der Waals surface area contributed by atoms with Gasteiger partial charge in [-0.05, 0) is 38.5 Å². The molecule has 2 heterocycles. The van der Waals surface area contributed by atoms with Crippen LogP contribution in [0.2, 0.25) is 5.02 Å². The zero-order valence-corrected chi connectivity index (χ0v) is 19.3. The molecule has 0 bridgehead atoms. The van der Waals surface area contributed by atoms with Crippen LogP contribution >= 0.6 is 23.4 Å². The number of rotatable bonds is 9. The van der Waals surface area contributed by atoms with Crippen LogP contribution in [0.15, 0.2) is 29.4 Å². The maximum atomic E-state index is 12.8.